The van der Waals surface area contributed by atoms with Crippen LogP contribution in [-0.4, -0.2) is 54.2 Å². The van der Waals surface area contributed by atoms with Crippen LogP contribution in [0.4, 0.5) is 0 Å². The fourth-order valence-corrected chi connectivity index (χ4v) is 3.58. The Morgan fingerprint density at radius 2 is 1.87 bits per heavy atom. The van der Waals surface area contributed by atoms with E-state index < -0.39 is 18.6 Å². The van der Waals surface area contributed by atoms with Crippen molar-refractivity contribution in [1.82, 2.24) is 15.0 Å². The maximum absolute atomic E-state index is 12.7. The molecule has 166 valence electrons. The molecule has 13 heteroatoms. The zero-order chi connectivity index (χ0) is 22.1. The molecule has 0 fully saturated rings. The molecular weight excluding hydrogens is 456 g/mol. The SMILES string of the molecule is COCCCOc1ccnc(CS(=O)c2nc3ccccc3[nH]2)c1C.O=P(O)(O)O.[H-].[Na+]. The number of hydrogen-bond donors (Lipinski definition) is 4. The minimum atomic E-state index is -4.64. The molecule has 0 saturated heterocycles. The Kier molecular flexibility index (Phi) is 12.1. The summed E-state index contributed by atoms with van der Waals surface area (Å²) in [6.07, 6.45) is 2.50. The fourth-order valence-electron chi connectivity index (χ4n) is 2.48. The van der Waals surface area contributed by atoms with Gasteiger partial charge in [0.25, 0.3) is 0 Å². The summed E-state index contributed by atoms with van der Waals surface area (Å²) in [4.78, 5) is 33.4. The van der Waals surface area contributed by atoms with Gasteiger partial charge in [-0.1, -0.05) is 12.1 Å². The number of hydrogen-bond acceptors (Lipinski definition) is 6. The minimum Gasteiger partial charge on any atom is -1.00 e. The van der Waals surface area contributed by atoms with E-state index in [0.29, 0.717) is 24.1 Å². The molecule has 31 heavy (non-hydrogen) atoms. The molecule has 0 bridgehead atoms. The van der Waals surface area contributed by atoms with Crippen LogP contribution in [0.3, 0.4) is 0 Å². The molecule has 0 aliphatic rings. The van der Waals surface area contributed by atoms with Gasteiger partial charge in [0.05, 0.1) is 39.9 Å². The van der Waals surface area contributed by atoms with Crippen molar-refractivity contribution in [2.24, 2.45) is 0 Å². The number of nitrogens with zero attached hydrogens (tertiary/aromatic N) is 2. The number of fused-ring (bicyclic) bond motifs is 1. The number of ether oxygens (including phenoxy) is 2. The third kappa shape index (κ3) is 9.90. The van der Waals surface area contributed by atoms with E-state index in [1.807, 2.05) is 37.3 Å². The van der Waals surface area contributed by atoms with Gasteiger partial charge in [0.15, 0.2) is 5.16 Å². The first-order chi connectivity index (χ1) is 14.2. The predicted octanol–water partition coefficient (Wildman–Crippen LogP) is -0.823. The van der Waals surface area contributed by atoms with E-state index in [2.05, 4.69) is 15.0 Å². The summed E-state index contributed by atoms with van der Waals surface area (Å²) in [6.45, 7) is 3.17. The van der Waals surface area contributed by atoms with Gasteiger partial charge in [-0.3, -0.25) is 9.19 Å². The van der Waals surface area contributed by atoms with Crippen molar-refractivity contribution in [1.29, 1.82) is 0 Å². The van der Waals surface area contributed by atoms with Crippen molar-refractivity contribution >= 4 is 29.7 Å². The number of benzene rings is 1. The molecule has 2 heterocycles. The Labute approximate surface area is 205 Å². The molecule has 0 amide bonds. The van der Waals surface area contributed by atoms with Gasteiger partial charge in [0.2, 0.25) is 0 Å². The second kappa shape index (κ2) is 13.4. The Bertz CT molecular complexity index is 1010. The fraction of sp³-hybridized carbons (Fsp3) is 0.333. The van der Waals surface area contributed by atoms with Gasteiger partial charge in [-0.05, 0) is 25.1 Å². The first-order valence-electron chi connectivity index (χ1n) is 8.86. The number of imidazole rings is 1. The van der Waals surface area contributed by atoms with E-state index in [4.69, 9.17) is 28.7 Å². The normalized spacial score (nSPS) is 11.9. The average molecular weight is 481 g/mol. The van der Waals surface area contributed by atoms with E-state index in [0.717, 1.165) is 34.5 Å². The molecule has 1 aromatic carbocycles. The summed E-state index contributed by atoms with van der Waals surface area (Å²) >= 11 is 0. The van der Waals surface area contributed by atoms with Gasteiger partial charge in [-0.25, -0.2) is 9.55 Å². The third-order valence-electron chi connectivity index (χ3n) is 3.86. The molecule has 1 unspecified atom stereocenters. The number of aromatic nitrogens is 3. The van der Waals surface area contributed by atoms with Crippen LogP contribution in [0.2, 0.25) is 0 Å². The van der Waals surface area contributed by atoms with E-state index in [1.54, 1.807) is 13.3 Å². The van der Waals surface area contributed by atoms with Crippen molar-refractivity contribution in [3.8, 4) is 5.75 Å². The van der Waals surface area contributed by atoms with Crippen LogP contribution in [0.25, 0.3) is 11.0 Å². The number of H-pyrrole nitrogens is 1. The van der Waals surface area contributed by atoms with Gasteiger partial charge < -0.3 is 30.6 Å². The molecule has 4 N–H and O–H groups in total. The standard InChI is InChI=1S/C18H21N3O3S.Na.H3O4P.H/c1-13-16(19-9-8-17(13)24-11-5-10-23-2)12-25(22)18-20-14-6-3-4-7-15(14)21-18;;1-5(2,3)4;/h3-4,6-9H,5,10-12H2,1-2H3,(H,20,21);;(H3,1,2,3,4);/q;+1;;-1. The van der Waals surface area contributed by atoms with E-state index in [1.165, 1.54) is 0 Å². The Morgan fingerprint density at radius 1 is 1.19 bits per heavy atom. The van der Waals surface area contributed by atoms with E-state index in [9.17, 15) is 4.21 Å². The molecule has 0 radical (unpaired) electrons. The Hall–Kier alpha value is -1.14. The zero-order valence-corrected chi connectivity index (χ0v) is 21.2. The molecule has 2 aromatic heterocycles. The topological polar surface area (TPSA) is 155 Å². The van der Waals surface area contributed by atoms with Crippen LogP contribution in [-0.2, 0) is 25.9 Å². The number of aromatic amines is 1. The van der Waals surface area contributed by atoms with Gasteiger partial charge in [0, 0.05) is 31.9 Å². The molecule has 0 aliphatic heterocycles. The first-order valence-corrected chi connectivity index (χ1v) is 11.7. The third-order valence-corrected chi connectivity index (χ3v) is 5.02. The molecule has 0 aliphatic carbocycles. The van der Waals surface area contributed by atoms with Crippen LogP contribution in [0.1, 0.15) is 19.1 Å². The van der Waals surface area contributed by atoms with Crippen molar-refractivity contribution in [2.45, 2.75) is 24.3 Å². The summed E-state index contributed by atoms with van der Waals surface area (Å²) < 4.78 is 32.3. The number of rotatable bonds is 8. The zero-order valence-electron chi connectivity index (χ0n) is 18.5. The van der Waals surface area contributed by atoms with Crippen LogP contribution < -0.4 is 34.3 Å². The Morgan fingerprint density at radius 3 is 2.52 bits per heavy atom. The number of methoxy groups -OCH3 is 1. The summed E-state index contributed by atoms with van der Waals surface area (Å²) in [5.74, 6) is 1.06. The van der Waals surface area contributed by atoms with Gasteiger partial charge in [0.1, 0.15) is 5.75 Å². The number of para-hydroxylation sites is 2. The summed E-state index contributed by atoms with van der Waals surface area (Å²) in [5, 5.41) is 0.466. The summed E-state index contributed by atoms with van der Waals surface area (Å²) in [6, 6.07) is 9.47. The first kappa shape index (κ1) is 27.9. The van der Waals surface area contributed by atoms with Crippen LogP contribution in [0.5, 0.6) is 5.75 Å². The Balaban J connectivity index is 0.00000124. The quantitative estimate of drug-likeness (QED) is 0.183. The van der Waals surface area contributed by atoms with E-state index >= 15 is 0 Å². The molecule has 3 aromatic rings. The van der Waals surface area contributed by atoms with Crippen molar-refractivity contribution in [3.05, 3.63) is 47.8 Å². The van der Waals surface area contributed by atoms with Gasteiger partial charge >= 0.3 is 37.4 Å². The molecule has 3 rings (SSSR count). The number of phosphoric acid groups is 1. The van der Waals surface area contributed by atoms with Crippen LogP contribution >= 0.6 is 7.82 Å². The number of nitrogens with one attached hydrogen (secondary N) is 1. The minimum absolute atomic E-state index is 0. The average Bonchev–Trinajstić information content (AvgIpc) is 3.11. The molecule has 0 spiro atoms. The second-order valence-electron chi connectivity index (χ2n) is 6.14. The molecule has 0 saturated carbocycles. The maximum Gasteiger partial charge on any atom is 1.00 e. The van der Waals surface area contributed by atoms with Crippen molar-refractivity contribution in [2.75, 3.05) is 20.3 Å². The summed E-state index contributed by atoms with van der Waals surface area (Å²) in [7, 11) is -4.27. The van der Waals surface area contributed by atoms with Gasteiger partial charge in [-0.15, -0.1) is 0 Å². The summed E-state index contributed by atoms with van der Waals surface area (Å²) in [5.41, 5.74) is 3.35. The number of pyridine rings is 1. The van der Waals surface area contributed by atoms with Gasteiger partial charge in [-0.2, -0.15) is 0 Å². The van der Waals surface area contributed by atoms with Crippen molar-refractivity contribution < 1.29 is 63.9 Å². The maximum atomic E-state index is 12.7. The predicted molar refractivity (Wildman–Crippen MR) is 113 cm³/mol. The smallest absolute Gasteiger partial charge is 1.00 e. The molecular formula is C18H25N3NaO7PS. The van der Waals surface area contributed by atoms with E-state index in [-0.39, 0.29) is 31.0 Å². The molecule has 10 nitrogen and oxygen atoms in total. The van der Waals surface area contributed by atoms with Crippen LogP contribution in [0, 0.1) is 6.92 Å². The molecule has 1 atom stereocenters. The largest absolute Gasteiger partial charge is 1.00 e. The monoisotopic (exact) mass is 481 g/mol. The second-order valence-corrected chi connectivity index (χ2v) is 8.53. The van der Waals surface area contributed by atoms with Crippen LogP contribution in [0.15, 0.2) is 41.7 Å². The van der Waals surface area contributed by atoms with Crippen molar-refractivity contribution in [3.63, 3.8) is 0 Å².